The van der Waals surface area contributed by atoms with Gasteiger partial charge in [0.25, 0.3) is 5.91 Å². The zero-order chi connectivity index (χ0) is 21.8. The molecule has 8 heteroatoms. The molecule has 3 rings (SSSR count). The van der Waals surface area contributed by atoms with Crippen LogP contribution >= 0.6 is 0 Å². The van der Waals surface area contributed by atoms with E-state index in [1.807, 2.05) is 30.3 Å². The molecule has 1 heterocycles. The van der Waals surface area contributed by atoms with Crippen molar-refractivity contribution in [3.8, 4) is 0 Å². The van der Waals surface area contributed by atoms with Crippen molar-refractivity contribution < 1.29 is 28.7 Å². The number of carbonyl (C=O) groups is 2. The van der Waals surface area contributed by atoms with Gasteiger partial charge in [-0.15, -0.1) is 0 Å². The molecule has 2 atom stereocenters. The number of ether oxygens (including phenoxy) is 2. The van der Waals surface area contributed by atoms with E-state index in [9.17, 15) is 14.6 Å². The molecule has 1 aliphatic rings. The summed E-state index contributed by atoms with van der Waals surface area (Å²) in [5.74, 6) is -0.923. The van der Waals surface area contributed by atoms with Gasteiger partial charge in [-0.25, -0.2) is 4.79 Å². The van der Waals surface area contributed by atoms with Crippen molar-refractivity contribution in [2.24, 2.45) is 0 Å². The number of hydrogen-bond donors (Lipinski definition) is 1. The zero-order valence-electron chi connectivity index (χ0n) is 17.6. The second-order valence-corrected chi connectivity index (χ2v) is 7.36. The van der Waals surface area contributed by atoms with Gasteiger partial charge < -0.3 is 24.1 Å². The molecule has 30 heavy (non-hydrogen) atoms. The fourth-order valence-corrected chi connectivity index (χ4v) is 3.73. The monoisotopic (exact) mass is 411 g/mol. The van der Waals surface area contributed by atoms with Crippen LogP contribution in [0.15, 0.2) is 42.5 Å². The molecule has 0 saturated carbocycles. The van der Waals surface area contributed by atoms with Crippen LogP contribution in [-0.4, -0.2) is 55.2 Å². The number of fused-ring (bicyclic) bond motifs is 1. The molecule has 7 nitrogen and oxygen atoms in total. The van der Waals surface area contributed by atoms with Crippen molar-refractivity contribution in [3.63, 3.8) is 0 Å². The summed E-state index contributed by atoms with van der Waals surface area (Å²) in [6, 6.07) is 12.1. The molecular formula is C22H26BNO6. The van der Waals surface area contributed by atoms with Crippen LogP contribution < -0.4 is 5.46 Å². The van der Waals surface area contributed by atoms with Gasteiger partial charge in [-0.2, -0.15) is 0 Å². The summed E-state index contributed by atoms with van der Waals surface area (Å²) in [6.45, 7) is 4.11. The van der Waals surface area contributed by atoms with Crippen LogP contribution in [0.4, 0.5) is 0 Å². The van der Waals surface area contributed by atoms with Gasteiger partial charge in [0.15, 0.2) is 6.04 Å². The standard InChI is InChI=1S/C22H26BNO6/c1-14-18(11-10-17-13-30-23(27)19(14)17)21(25)24(3)20(22(26)28-4)15(2)29-12-16-8-6-5-7-9-16/h5-11,15,20,27H,12-13H2,1-4H3/t15-,20+/m1/s1. The lowest BCUT2D eigenvalue weighted by Crippen LogP contribution is -2.50. The lowest BCUT2D eigenvalue weighted by Gasteiger charge is -2.31. The number of esters is 1. The Balaban J connectivity index is 1.81. The zero-order valence-corrected chi connectivity index (χ0v) is 17.6. The van der Waals surface area contributed by atoms with Gasteiger partial charge in [-0.1, -0.05) is 36.4 Å². The Kier molecular flexibility index (Phi) is 6.92. The van der Waals surface area contributed by atoms with E-state index in [0.29, 0.717) is 29.8 Å². The first-order chi connectivity index (χ1) is 14.3. The Bertz CT molecular complexity index is 919. The number of methoxy groups -OCH3 is 1. The van der Waals surface area contributed by atoms with Gasteiger partial charge in [0.2, 0.25) is 0 Å². The lowest BCUT2D eigenvalue weighted by molar-refractivity contribution is -0.151. The average Bonchev–Trinajstić information content (AvgIpc) is 3.14. The maximum Gasteiger partial charge on any atom is 0.492 e. The first-order valence-corrected chi connectivity index (χ1v) is 9.77. The SMILES string of the molecule is COC(=O)[C@H]([C@@H](C)OCc1ccccc1)N(C)C(=O)c1ccc2c(c1C)B(O)OC2. The quantitative estimate of drug-likeness (QED) is 0.548. The van der Waals surface area contributed by atoms with Crippen molar-refractivity contribution in [2.45, 2.75) is 39.2 Å². The molecule has 0 aromatic heterocycles. The highest BCUT2D eigenvalue weighted by molar-refractivity contribution is 6.62. The van der Waals surface area contributed by atoms with E-state index in [1.165, 1.54) is 12.0 Å². The molecule has 0 unspecified atom stereocenters. The Hall–Kier alpha value is -2.68. The minimum atomic E-state index is -1.05. The van der Waals surface area contributed by atoms with E-state index in [2.05, 4.69) is 0 Å². The van der Waals surface area contributed by atoms with Crippen molar-refractivity contribution in [3.05, 3.63) is 64.7 Å². The molecule has 0 fully saturated rings. The lowest BCUT2D eigenvalue weighted by atomic mass is 9.75. The largest absolute Gasteiger partial charge is 0.492 e. The van der Waals surface area contributed by atoms with E-state index >= 15 is 0 Å². The van der Waals surface area contributed by atoms with Crippen molar-refractivity contribution in [1.29, 1.82) is 0 Å². The van der Waals surface area contributed by atoms with Gasteiger partial charge in [0.1, 0.15) is 0 Å². The van der Waals surface area contributed by atoms with Crippen molar-refractivity contribution >= 4 is 24.5 Å². The van der Waals surface area contributed by atoms with Crippen LogP contribution in [0, 0.1) is 6.92 Å². The fourth-order valence-electron chi connectivity index (χ4n) is 3.73. The average molecular weight is 411 g/mol. The highest BCUT2D eigenvalue weighted by Crippen LogP contribution is 2.20. The molecule has 0 saturated heterocycles. The van der Waals surface area contributed by atoms with Gasteiger partial charge >= 0.3 is 13.1 Å². The van der Waals surface area contributed by atoms with Crippen LogP contribution in [0.1, 0.15) is 34.0 Å². The van der Waals surface area contributed by atoms with Gasteiger partial charge in [0.05, 0.1) is 26.4 Å². The number of hydrogen-bond acceptors (Lipinski definition) is 6. The van der Waals surface area contributed by atoms with E-state index in [-0.39, 0.29) is 5.91 Å². The molecular weight excluding hydrogens is 385 g/mol. The molecule has 2 aromatic carbocycles. The number of carbonyl (C=O) groups excluding carboxylic acids is 2. The molecule has 158 valence electrons. The van der Waals surface area contributed by atoms with E-state index < -0.39 is 25.2 Å². The predicted octanol–water partition coefficient (Wildman–Crippen LogP) is 1.43. The first kappa shape index (κ1) is 22.0. The second-order valence-electron chi connectivity index (χ2n) is 7.36. The number of likely N-dealkylation sites (N-methyl/N-ethyl adjacent to an activating group) is 1. The minimum Gasteiger partial charge on any atom is -0.467 e. The summed E-state index contributed by atoms with van der Waals surface area (Å²) in [5.41, 5.74) is 3.45. The molecule has 1 N–H and O–H groups in total. The highest BCUT2D eigenvalue weighted by Gasteiger charge is 2.36. The minimum absolute atomic E-state index is 0.302. The normalized spacial score (nSPS) is 14.8. The maximum absolute atomic E-state index is 13.3. The Labute approximate surface area is 176 Å². The van der Waals surface area contributed by atoms with Crippen LogP contribution in [0.25, 0.3) is 0 Å². The smallest absolute Gasteiger partial charge is 0.467 e. The maximum atomic E-state index is 13.3. The summed E-state index contributed by atoms with van der Waals surface area (Å²) in [5, 5.41) is 10.1. The molecule has 0 spiro atoms. The summed E-state index contributed by atoms with van der Waals surface area (Å²) >= 11 is 0. The van der Waals surface area contributed by atoms with Crippen LogP contribution in [0.3, 0.4) is 0 Å². The summed E-state index contributed by atoms with van der Waals surface area (Å²) in [6.07, 6.45) is -0.602. The molecule has 0 bridgehead atoms. The molecule has 2 aromatic rings. The second kappa shape index (κ2) is 9.42. The number of nitrogens with zero attached hydrogens (tertiary/aromatic N) is 1. The highest BCUT2D eigenvalue weighted by atomic mass is 16.5. The third-order valence-corrected chi connectivity index (χ3v) is 5.46. The molecule has 0 aliphatic carbocycles. The molecule has 1 aliphatic heterocycles. The van der Waals surface area contributed by atoms with Crippen LogP contribution in [-0.2, 0) is 32.1 Å². The van der Waals surface area contributed by atoms with Crippen LogP contribution in [0.2, 0.25) is 0 Å². The molecule has 0 radical (unpaired) electrons. The number of rotatable bonds is 7. The number of amides is 1. The topological polar surface area (TPSA) is 85.3 Å². The number of benzene rings is 2. The third-order valence-electron chi connectivity index (χ3n) is 5.46. The molecule has 1 amide bonds. The predicted molar refractivity (Wildman–Crippen MR) is 112 cm³/mol. The summed E-state index contributed by atoms with van der Waals surface area (Å²) < 4.78 is 16.1. The van der Waals surface area contributed by atoms with Gasteiger partial charge in [0, 0.05) is 12.6 Å². The van der Waals surface area contributed by atoms with Gasteiger partial charge in [-0.3, -0.25) is 4.79 Å². The summed E-state index contributed by atoms with van der Waals surface area (Å²) in [7, 11) is 1.78. The summed E-state index contributed by atoms with van der Waals surface area (Å²) in [4.78, 5) is 27.1. The van der Waals surface area contributed by atoms with Gasteiger partial charge in [-0.05, 0) is 42.1 Å². The Morgan fingerprint density at radius 2 is 1.93 bits per heavy atom. The third kappa shape index (κ3) is 4.40. The van der Waals surface area contributed by atoms with Crippen molar-refractivity contribution in [1.82, 2.24) is 4.90 Å². The fraction of sp³-hybridized carbons (Fsp3) is 0.364. The van der Waals surface area contributed by atoms with E-state index in [0.717, 1.165) is 11.1 Å². The Morgan fingerprint density at radius 1 is 1.23 bits per heavy atom. The Morgan fingerprint density at radius 3 is 2.60 bits per heavy atom. The van der Waals surface area contributed by atoms with Crippen molar-refractivity contribution in [2.75, 3.05) is 14.2 Å². The van der Waals surface area contributed by atoms with Crippen LogP contribution in [0.5, 0.6) is 0 Å². The first-order valence-electron chi connectivity index (χ1n) is 9.77. The van der Waals surface area contributed by atoms with E-state index in [1.54, 1.807) is 33.0 Å². The van der Waals surface area contributed by atoms with E-state index in [4.69, 9.17) is 14.1 Å².